The molecule has 0 radical (unpaired) electrons. The second-order valence-electron chi connectivity index (χ2n) is 2.81. The van der Waals surface area contributed by atoms with Crippen LogP contribution < -0.4 is 0 Å². The van der Waals surface area contributed by atoms with Crippen molar-refractivity contribution in [3.63, 3.8) is 0 Å². The van der Waals surface area contributed by atoms with Gasteiger partial charge in [-0.15, -0.1) is 11.6 Å². The molecular weight excluding hydrogens is 207 g/mol. The topological polar surface area (TPSA) is 0 Å². The lowest BCUT2D eigenvalue weighted by Crippen LogP contribution is -1.89. The molecule has 0 atom stereocenters. The van der Waals surface area contributed by atoms with Crippen LogP contribution in [0.4, 0.5) is 4.39 Å². The lowest BCUT2D eigenvalue weighted by molar-refractivity contribution is 0.626. The zero-order valence-electron chi connectivity index (χ0n) is 7.52. The van der Waals surface area contributed by atoms with E-state index in [-0.39, 0.29) is 5.82 Å². The van der Waals surface area contributed by atoms with E-state index in [4.69, 9.17) is 11.6 Å². The SMILES string of the molecule is Cc1cc(F)ccc1CSCCCl. The van der Waals surface area contributed by atoms with Crippen molar-refractivity contribution in [3.8, 4) is 0 Å². The molecular formula is C10H12ClFS. The van der Waals surface area contributed by atoms with Crippen molar-refractivity contribution in [3.05, 3.63) is 35.1 Å². The maximum absolute atomic E-state index is 12.7. The Labute approximate surface area is 87.5 Å². The number of benzene rings is 1. The third kappa shape index (κ3) is 3.57. The van der Waals surface area contributed by atoms with Crippen molar-refractivity contribution >= 4 is 23.4 Å². The molecule has 1 aromatic carbocycles. The highest BCUT2D eigenvalue weighted by molar-refractivity contribution is 7.98. The molecule has 0 N–H and O–H groups in total. The fourth-order valence-electron chi connectivity index (χ4n) is 1.06. The molecule has 0 spiro atoms. The minimum Gasteiger partial charge on any atom is -0.207 e. The summed E-state index contributed by atoms with van der Waals surface area (Å²) < 4.78 is 12.7. The Morgan fingerprint density at radius 3 is 2.85 bits per heavy atom. The summed E-state index contributed by atoms with van der Waals surface area (Å²) in [6.07, 6.45) is 0. The summed E-state index contributed by atoms with van der Waals surface area (Å²) in [6, 6.07) is 4.91. The van der Waals surface area contributed by atoms with Gasteiger partial charge >= 0.3 is 0 Å². The molecule has 0 saturated carbocycles. The molecule has 0 bridgehead atoms. The molecule has 0 aliphatic heterocycles. The Bertz CT molecular complexity index is 276. The molecule has 1 aromatic rings. The van der Waals surface area contributed by atoms with E-state index in [1.54, 1.807) is 17.8 Å². The molecule has 13 heavy (non-hydrogen) atoms. The summed E-state index contributed by atoms with van der Waals surface area (Å²) >= 11 is 7.32. The minimum absolute atomic E-state index is 0.163. The van der Waals surface area contributed by atoms with Gasteiger partial charge in [0.15, 0.2) is 0 Å². The van der Waals surface area contributed by atoms with E-state index in [0.29, 0.717) is 5.88 Å². The van der Waals surface area contributed by atoms with E-state index in [0.717, 1.165) is 17.1 Å². The van der Waals surface area contributed by atoms with E-state index in [9.17, 15) is 4.39 Å². The average Bonchev–Trinajstić information content (AvgIpc) is 2.09. The molecule has 1 rings (SSSR count). The molecule has 0 heterocycles. The Hall–Kier alpha value is -0.210. The van der Waals surface area contributed by atoms with Crippen LogP contribution in [0.15, 0.2) is 18.2 Å². The zero-order chi connectivity index (χ0) is 9.68. The second kappa shape index (κ2) is 5.51. The standard InChI is InChI=1S/C10H12ClFS/c1-8-6-10(12)3-2-9(8)7-13-5-4-11/h2-3,6H,4-5,7H2,1H3. The summed E-state index contributed by atoms with van der Waals surface area (Å²) in [5, 5.41) is 0. The van der Waals surface area contributed by atoms with Crippen LogP contribution in [0.2, 0.25) is 0 Å². The fraction of sp³-hybridized carbons (Fsp3) is 0.400. The van der Waals surface area contributed by atoms with Crippen molar-refractivity contribution in [2.24, 2.45) is 0 Å². The van der Waals surface area contributed by atoms with Crippen LogP contribution in [-0.4, -0.2) is 11.6 Å². The molecule has 72 valence electrons. The van der Waals surface area contributed by atoms with Crippen molar-refractivity contribution < 1.29 is 4.39 Å². The van der Waals surface area contributed by atoms with Crippen LogP contribution in [0.25, 0.3) is 0 Å². The van der Waals surface area contributed by atoms with E-state index < -0.39 is 0 Å². The summed E-state index contributed by atoms with van der Waals surface area (Å²) in [7, 11) is 0. The van der Waals surface area contributed by atoms with Crippen LogP contribution in [-0.2, 0) is 5.75 Å². The van der Waals surface area contributed by atoms with Crippen molar-refractivity contribution in [1.29, 1.82) is 0 Å². The quantitative estimate of drug-likeness (QED) is 0.550. The van der Waals surface area contributed by atoms with Gasteiger partial charge in [-0.25, -0.2) is 4.39 Å². The van der Waals surface area contributed by atoms with E-state index in [2.05, 4.69) is 0 Å². The summed E-state index contributed by atoms with van der Waals surface area (Å²) in [4.78, 5) is 0. The van der Waals surface area contributed by atoms with Crippen LogP contribution in [0.3, 0.4) is 0 Å². The van der Waals surface area contributed by atoms with Gasteiger partial charge in [0.2, 0.25) is 0 Å². The van der Waals surface area contributed by atoms with Gasteiger partial charge in [-0.1, -0.05) is 6.07 Å². The van der Waals surface area contributed by atoms with Gasteiger partial charge in [0.1, 0.15) is 5.82 Å². The van der Waals surface area contributed by atoms with Gasteiger partial charge < -0.3 is 0 Å². The Morgan fingerprint density at radius 2 is 2.23 bits per heavy atom. The fourth-order valence-corrected chi connectivity index (χ4v) is 2.18. The molecule has 0 aromatic heterocycles. The number of hydrogen-bond acceptors (Lipinski definition) is 1. The number of hydrogen-bond donors (Lipinski definition) is 0. The molecule has 0 aliphatic rings. The van der Waals surface area contributed by atoms with Gasteiger partial charge in [0.25, 0.3) is 0 Å². The largest absolute Gasteiger partial charge is 0.207 e. The van der Waals surface area contributed by atoms with Gasteiger partial charge in [-0.3, -0.25) is 0 Å². The Kier molecular flexibility index (Phi) is 4.60. The zero-order valence-corrected chi connectivity index (χ0v) is 9.09. The molecule has 0 aliphatic carbocycles. The lowest BCUT2D eigenvalue weighted by atomic mass is 10.1. The summed E-state index contributed by atoms with van der Waals surface area (Å²) in [6.45, 7) is 1.93. The van der Waals surface area contributed by atoms with Gasteiger partial charge in [0.05, 0.1) is 0 Å². The first-order valence-electron chi connectivity index (χ1n) is 4.13. The van der Waals surface area contributed by atoms with Gasteiger partial charge in [-0.05, 0) is 30.2 Å². The van der Waals surface area contributed by atoms with Crippen LogP contribution in [0.5, 0.6) is 0 Å². The van der Waals surface area contributed by atoms with Crippen molar-refractivity contribution in [2.75, 3.05) is 11.6 Å². The maximum Gasteiger partial charge on any atom is 0.123 e. The van der Waals surface area contributed by atoms with E-state index >= 15 is 0 Å². The first kappa shape index (κ1) is 10.9. The molecule has 0 saturated heterocycles. The molecule has 0 unspecified atom stereocenters. The normalized spacial score (nSPS) is 10.4. The number of thioether (sulfide) groups is 1. The highest BCUT2D eigenvalue weighted by atomic mass is 35.5. The van der Waals surface area contributed by atoms with Crippen LogP contribution in [0.1, 0.15) is 11.1 Å². The van der Waals surface area contributed by atoms with Gasteiger partial charge in [-0.2, -0.15) is 11.8 Å². The summed E-state index contributed by atoms with van der Waals surface area (Å²) in [5.41, 5.74) is 2.21. The predicted molar refractivity (Wildman–Crippen MR) is 58.0 cm³/mol. The smallest absolute Gasteiger partial charge is 0.123 e. The predicted octanol–water partition coefficient (Wildman–Crippen LogP) is 3.61. The maximum atomic E-state index is 12.7. The van der Waals surface area contributed by atoms with Gasteiger partial charge in [0, 0.05) is 17.4 Å². The van der Waals surface area contributed by atoms with E-state index in [1.165, 1.54) is 11.6 Å². The second-order valence-corrected chi connectivity index (χ2v) is 4.30. The minimum atomic E-state index is -0.163. The number of halogens is 2. The number of alkyl halides is 1. The first-order valence-corrected chi connectivity index (χ1v) is 5.81. The molecule has 0 nitrogen and oxygen atoms in total. The third-order valence-electron chi connectivity index (χ3n) is 1.78. The van der Waals surface area contributed by atoms with E-state index in [1.807, 2.05) is 13.0 Å². The van der Waals surface area contributed by atoms with Crippen LogP contribution in [0, 0.1) is 12.7 Å². The summed E-state index contributed by atoms with van der Waals surface area (Å²) in [5.74, 6) is 2.37. The number of aryl methyl sites for hydroxylation is 1. The Balaban J connectivity index is 2.56. The average molecular weight is 219 g/mol. The lowest BCUT2D eigenvalue weighted by Gasteiger charge is -2.04. The van der Waals surface area contributed by atoms with Crippen LogP contribution >= 0.6 is 23.4 Å². The monoisotopic (exact) mass is 218 g/mol. The van der Waals surface area contributed by atoms with Crippen molar-refractivity contribution in [2.45, 2.75) is 12.7 Å². The highest BCUT2D eigenvalue weighted by Gasteiger charge is 1.99. The third-order valence-corrected chi connectivity index (χ3v) is 3.20. The Morgan fingerprint density at radius 1 is 1.46 bits per heavy atom. The first-order chi connectivity index (χ1) is 6.24. The molecule has 0 fully saturated rings. The highest BCUT2D eigenvalue weighted by Crippen LogP contribution is 2.17. The molecule has 3 heteroatoms. The molecule has 0 amide bonds. The number of rotatable bonds is 4. The van der Waals surface area contributed by atoms with Crippen molar-refractivity contribution in [1.82, 2.24) is 0 Å².